The van der Waals surface area contributed by atoms with Crippen molar-refractivity contribution < 1.29 is 14.6 Å². The lowest BCUT2D eigenvalue weighted by molar-refractivity contribution is 0.0827. The fourth-order valence-electron chi connectivity index (χ4n) is 4.04. The summed E-state index contributed by atoms with van der Waals surface area (Å²) < 4.78 is 5.20. The van der Waals surface area contributed by atoms with Gasteiger partial charge in [0.25, 0.3) is 0 Å². The highest BCUT2D eigenvalue weighted by Gasteiger charge is 2.16. The van der Waals surface area contributed by atoms with Crippen LogP contribution in [0.1, 0.15) is 84.0 Å². The van der Waals surface area contributed by atoms with Crippen LogP contribution in [0.5, 0.6) is 0 Å². The third-order valence-electron chi connectivity index (χ3n) is 5.71. The van der Waals surface area contributed by atoms with Crippen LogP contribution in [-0.4, -0.2) is 73.0 Å². The van der Waals surface area contributed by atoms with Gasteiger partial charge in [-0.25, -0.2) is 4.79 Å². The van der Waals surface area contributed by atoms with Crippen LogP contribution in [0.25, 0.3) is 0 Å². The zero-order valence-corrected chi connectivity index (χ0v) is 19.5. The molecule has 1 amide bonds. The Morgan fingerprint density at radius 3 is 1.93 bits per heavy atom. The van der Waals surface area contributed by atoms with Crippen molar-refractivity contribution in [2.75, 3.05) is 45.9 Å². The van der Waals surface area contributed by atoms with E-state index in [-0.39, 0.29) is 18.5 Å². The summed E-state index contributed by atoms with van der Waals surface area (Å²) in [5.74, 6) is 0. The third kappa shape index (κ3) is 15.9. The van der Waals surface area contributed by atoms with E-state index in [2.05, 4.69) is 16.7 Å². The molecular weight excluding hydrogens is 390 g/mol. The Kier molecular flexibility index (Phi) is 19.0. The van der Waals surface area contributed by atoms with Gasteiger partial charge in [-0.1, -0.05) is 32.6 Å². The number of nitrogens with zero attached hydrogens (tertiary/aromatic N) is 2. The van der Waals surface area contributed by atoms with Gasteiger partial charge in [-0.3, -0.25) is 0 Å². The summed E-state index contributed by atoms with van der Waals surface area (Å²) in [7, 11) is 0. The zero-order valence-electron chi connectivity index (χ0n) is 18.7. The highest BCUT2D eigenvalue weighted by molar-refractivity contribution is 5.85. The van der Waals surface area contributed by atoms with Crippen LogP contribution in [0.3, 0.4) is 0 Å². The minimum Gasteiger partial charge on any atom is -0.446 e. The highest BCUT2D eigenvalue weighted by atomic mass is 35.5. The van der Waals surface area contributed by atoms with Gasteiger partial charge >= 0.3 is 6.09 Å². The molecule has 2 aliphatic rings. The molecule has 0 aromatic carbocycles. The van der Waals surface area contributed by atoms with Crippen LogP contribution in [0.2, 0.25) is 0 Å². The fraction of sp³-hybridized carbons (Fsp3) is 0.955. The summed E-state index contributed by atoms with van der Waals surface area (Å²) in [6.07, 6.45) is 13.8. The monoisotopic (exact) mass is 435 g/mol. The number of halogens is 1. The van der Waals surface area contributed by atoms with Crippen LogP contribution < -0.4 is 5.73 Å². The molecule has 3 N–H and O–H groups in total. The van der Waals surface area contributed by atoms with Crippen molar-refractivity contribution in [1.29, 1.82) is 0 Å². The second kappa shape index (κ2) is 19.4. The molecule has 0 bridgehead atoms. The van der Waals surface area contributed by atoms with E-state index in [1.807, 2.05) is 0 Å². The number of nitrogens with two attached hydrogens (primary N) is 1. The average molecular weight is 436 g/mol. The molecule has 29 heavy (non-hydrogen) atoms. The predicted octanol–water partition coefficient (Wildman–Crippen LogP) is 4.18. The molecule has 0 radical (unpaired) electrons. The van der Waals surface area contributed by atoms with E-state index >= 15 is 0 Å². The maximum absolute atomic E-state index is 10.9. The van der Waals surface area contributed by atoms with Crippen LogP contribution in [0, 0.1) is 0 Å². The topological polar surface area (TPSA) is 79.0 Å². The van der Waals surface area contributed by atoms with Crippen molar-refractivity contribution in [2.24, 2.45) is 5.73 Å². The first-order valence-electron chi connectivity index (χ1n) is 11.7. The van der Waals surface area contributed by atoms with E-state index in [1.165, 1.54) is 77.5 Å². The number of rotatable bonds is 11. The zero-order chi connectivity index (χ0) is 20.5. The molecule has 174 valence electrons. The quantitative estimate of drug-likeness (QED) is 0.476. The van der Waals surface area contributed by atoms with Crippen molar-refractivity contribution in [1.82, 2.24) is 9.80 Å². The Labute approximate surface area is 184 Å². The van der Waals surface area contributed by atoms with Gasteiger partial charge in [-0.2, -0.15) is 0 Å². The maximum atomic E-state index is 10.9. The van der Waals surface area contributed by atoms with Crippen molar-refractivity contribution in [3.8, 4) is 0 Å². The first-order chi connectivity index (χ1) is 13.7. The Balaban J connectivity index is 0.000000606. The van der Waals surface area contributed by atoms with Gasteiger partial charge in [-0.15, -0.1) is 12.4 Å². The number of piperidine rings is 2. The van der Waals surface area contributed by atoms with Gasteiger partial charge < -0.3 is 25.4 Å². The molecule has 0 aromatic heterocycles. The average Bonchev–Trinajstić information content (AvgIpc) is 2.72. The molecule has 2 fully saturated rings. The summed E-state index contributed by atoms with van der Waals surface area (Å²) in [5, 5.41) is 8.57. The largest absolute Gasteiger partial charge is 0.446 e. The van der Waals surface area contributed by atoms with E-state index < -0.39 is 6.09 Å². The van der Waals surface area contributed by atoms with Crippen LogP contribution >= 0.6 is 12.4 Å². The van der Waals surface area contributed by atoms with Gasteiger partial charge in [0, 0.05) is 19.7 Å². The van der Waals surface area contributed by atoms with Gasteiger partial charge in [0.1, 0.15) is 6.10 Å². The second-order valence-corrected chi connectivity index (χ2v) is 8.23. The Bertz CT molecular complexity index is 376. The number of amides is 1. The summed E-state index contributed by atoms with van der Waals surface area (Å²) >= 11 is 0. The number of likely N-dealkylation sites (tertiary alicyclic amines) is 2. The maximum Gasteiger partial charge on any atom is 0.404 e. The molecule has 7 heteroatoms. The number of carbonyl (C=O) groups excluding carboxylic acids is 1. The molecule has 2 aliphatic heterocycles. The Hall–Kier alpha value is -0.560. The molecule has 0 aliphatic carbocycles. The lowest BCUT2D eigenvalue weighted by Crippen LogP contribution is -2.33. The highest BCUT2D eigenvalue weighted by Crippen LogP contribution is 2.14. The van der Waals surface area contributed by atoms with E-state index in [1.54, 1.807) is 0 Å². The van der Waals surface area contributed by atoms with E-state index in [0.29, 0.717) is 6.61 Å². The Morgan fingerprint density at radius 1 is 0.897 bits per heavy atom. The summed E-state index contributed by atoms with van der Waals surface area (Å²) in [6.45, 7) is 9.53. The predicted molar refractivity (Wildman–Crippen MR) is 123 cm³/mol. The molecule has 2 heterocycles. The van der Waals surface area contributed by atoms with Gasteiger partial charge in [0.05, 0.1) is 0 Å². The molecule has 2 rings (SSSR count). The number of hydrogen-bond donors (Lipinski definition) is 2. The normalized spacial score (nSPS) is 18.8. The van der Waals surface area contributed by atoms with Gasteiger partial charge in [0.2, 0.25) is 0 Å². The molecule has 2 saturated heterocycles. The van der Waals surface area contributed by atoms with Crippen molar-refractivity contribution in [2.45, 2.75) is 90.1 Å². The number of aliphatic hydroxyl groups excluding tert-OH is 1. The van der Waals surface area contributed by atoms with E-state index in [4.69, 9.17) is 15.6 Å². The standard InChI is InChI=1S/C14H28N2O2.C8H17NO.ClH/c1-2-3-5-8-13(18-14(15)17)9-12-16-10-6-4-7-11-16;10-8-4-7-9-5-2-1-3-6-9;/h13H,2-12H2,1H3,(H2,15,17);10H,1-8H2;1H. The lowest BCUT2D eigenvalue weighted by Gasteiger charge is -2.28. The van der Waals surface area contributed by atoms with Crippen molar-refractivity contribution >= 4 is 18.5 Å². The molecular formula is C22H46ClN3O3. The number of aliphatic hydroxyl groups is 1. The lowest BCUT2D eigenvalue weighted by atomic mass is 10.1. The number of hydrogen-bond acceptors (Lipinski definition) is 5. The van der Waals surface area contributed by atoms with Crippen LogP contribution in [0.15, 0.2) is 0 Å². The molecule has 0 saturated carbocycles. The molecule has 1 atom stereocenters. The third-order valence-corrected chi connectivity index (χ3v) is 5.71. The van der Waals surface area contributed by atoms with Crippen LogP contribution in [0.4, 0.5) is 4.79 Å². The molecule has 6 nitrogen and oxygen atoms in total. The fourth-order valence-corrected chi connectivity index (χ4v) is 4.04. The van der Waals surface area contributed by atoms with Crippen LogP contribution in [-0.2, 0) is 4.74 Å². The van der Waals surface area contributed by atoms with E-state index in [0.717, 1.165) is 38.8 Å². The van der Waals surface area contributed by atoms with Crippen molar-refractivity contribution in [3.05, 3.63) is 0 Å². The minimum absolute atomic E-state index is 0. The number of unbranched alkanes of at least 4 members (excludes halogenated alkanes) is 2. The summed E-state index contributed by atoms with van der Waals surface area (Å²) in [6, 6.07) is 0. The van der Waals surface area contributed by atoms with E-state index in [9.17, 15) is 4.79 Å². The SMILES string of the molecule is CCCCCC(CCN1CCCCC1)OC(N)=O.Cl.OCCCN1CCCCC1. The molecule has 0 spiro atoms. The summed E-state index contributed by atoms with van der Waals surface area (Å²) in [4.78, 5) is 15.8. The molecule has 0 aromatic rings. The first kappa shape index (κ1) is 28.4. The number of ether oxygens (including phenoxy) is 1. The van der Waals surface area contributed by atoms with Gasteiger partial charge in [-0.05, 0) is 77.5 Å². The summed E-state index contributed by atoms with van der Waals surface area (Å²) in [5.41, 5.74) is 5.13. The van der Waals surface area contributed by atoms with Gasteiger partial charge in [0.15, 0.2) is 0 Å². The first-order valence-corrected chi connectivity index (χ1v) is 11.7. The molecule has 1 unspecified atom stereocenters. The smallest absolute Gasteiger partial charge is 0.404 e. The van der Waals surface area contributed by atoms with Crippen molar-refractivity contribution in [3.63, 3.8) is 0 Å². The Morgan fingerprint density at radius 2 is 1.45 bits per heavy atom. The second-order valence-electron chi connectivity index (χ2n) is 8.23. The number of primary amides is 1. The minimum atomic E-state index is -0.629. The number of carbonyl (C=O) groups is 1.